The molecule has 0 aromatic rings. The standard InChI is InChI=1S/C34H59N2O6P/c1-3-5-7-9-11-13-14-15-16-17-18-20-22-24-26-28-34(38)36-32(31-42-43(39,40)41-30-29-35)33(37)27-25-23-21-19-12-10-8-6-4-2/h4-7,11-13,15-16,19,25,27,32-33,37H,3,8-10,14,17-18,20-24,26,28-31,35H2,1-2H3,(H,36,38)(H,39,40)/b6-4+,7-5-,13-11-,16-15-,19-12+,27-25+. The van der Waals surface area contributed by atoms with Gasteiger partial charge in [0.15, 0.2) is 0 Å². The molecular formula is C34H59N2O6P. The summed E-state index contributed by atoms with van der Waals surface area (Å²) < 4.78 is 21.9. The molecule has 0 saturated carbocycles. The Balaban J connectivity index is 4.46. The van der Waals surface area contributed by atoms with Gasteiger partial charge in [0, 0.05) is 13.0 Å². The van der Waals surface area contributed by atoms with Gasteiger partial charge in [-0.25, -0.2) is 4.57 Å². The highest BCUT2D eigenvalue weighted by Crippen LogP contribution is 2.43. The van der Waals surface area contributed by atoms with E-state index in [9.17, 15) is 19.4 Å². The van der Waals surface area contributed by atoms with Crippen molar-refractivity contribution in [3.05, 3.63) is 72.9 Å². The maximum atomic E-state index is 12.6. The SMILES string of the molecule is C/C=C/CC/C=C/CC/C=C/C(O)C(COP(=O)(O)OCCN)NC(=O)CCCCCCC/C=C\C/C=C\C/C=C\CC. The predicted molar refractivity (Wildman–Crippen MR) is 180 cm³/mol. The molecule has 246 valence electrons. The zero-order chi connectivity index (χ0) is 31.9. The zero-order valence-electron chi connectivity index (χ0n) is 26.7. The summed E-state index contributed by atoms with van der Waals surface area (Å²) >= 11 is 0. The van der Waals surface area contributed by atoms with Gasteiger partial charge in [-0.1, -0.05) is 99.1 Å². The van der Waals surface area contributed by atoms with Crippen LogP contribution in [0.4, 0.5) is 0 Å². The van der Waals surface area contributed by atoms with Gasteiger partial charge >= 0.3 is 7.82 Å². The average molecular weight is 623 g/mol. The first-order valence-corrected chi connectivity index (χ1v) is 17.5. The Hall–Kier alpha value is -2.06. The Kier molecular flexibility index (Phi) is 28.6. The van der Waals surface area contributed by atoms with E-state index in [2.05, 4.69) is 66.9 Å². The minimum absolute atomic E-state index is 0.0644. The second kappa shape index (κ2) is 30.0. The predicted octanol–water partition coefficient (Wildman–Crippen LogP) is 7.76. The van der Waals surface area contributed by atoms with Crippen molar-refractivity contribution in [3.63, 3.8) is 0 Å². The number of allylic oxidation sites excluding steroid dienone is 11. The normalized spacial score (nSPS) is 15.6. The molecule has 8 nitrogen and oxygen atoms in total. The molecule has 0 rings (SSSR count). The third-order valence-electron chi connectivity index (χ3n) is 6.34. The van der Waals surface area contributed by atoms with Gasteiger partial charge in [0.25, 0.3) is 0 Å². The number of hydrogen-bond acceptors (Lipinski definition) is 6. The van der Waals surface area contributed by atoms with Crippen molar-refractivity contribution < 1.29 is 28.4 Å². The van der Waals surface area contributed by atoms with Crippen LogP contribution in [0.15, 0.2) is 72.9 Å². The molecule has 3 atom stereocenters. The maximum Gasteiger partial charge on any atom is 0.472 e. The summed E-state index contributed by atoms with van der Waals surface area (Å²) in [7, 11) is -4.34. The van der Waals surface area contributed by atoms with Crippen LogP contribution in [0, 0.1) is 0 Å². The van der Waals surface area contributed by atoms with E-state index in [0.29, 0.717) is 6.42 Å². The van der Waals surface area contributed by atoms with E-state index in [-0.39, 0.29) is 25.7 Å². The van der Waals surface area contributed by atoms with Crippen LogP contribution in [0.2, 0.25) is 0 Å². The Labute approximate surface area is 261 Å². The number of unbranched alkanes of at least 4 members (excludes halogenated alkanes) is 7. The minimum Gasteiger partial charge on any atom is -0.387 e. The van der Waals surface area contributed by atoms with Crippen LogP contribution in [-0.2, 0) is 18.4 Å². The number of aliphatic hydroxyl groups excluding tert-OH is 1. The van der Waals surface area contributed by atoms with Gasteiger partial charge < -0.3 is 21.1 Å². The molecule has 0 saturated heterocycles. The summed E-state index contributed by atoms with van der Waals surface area (Å²) in [6, 6.07) is -0.892. The van der Waals surface area contributed by atoms with Crippen LogP contribution < -0.4 is 11.1 Å². The van der Waals surface area contributed by atoms with Crippen LogP contribution in [0.3, 0.4) is 0 Å². The number of carbonyl (C=O) groups is 1. The van der Waals surface area contributed by atoms with E-state index in [0.717, 1.165) is 83.5 Å². The Morgan fingerprint density at radius 3 is 2.07 bits per heavy atom. The summed E-state index contributed by atoms with van der Waals surface area (Å²) in [4.78, 5) is 22.4. The summed E-state index contributed by atoms with van der Waals surface area (Å²) in [5.74, 6) is -0.234. The van der Waals surface area contributed by atoms with E-state index in [1.165, 1.54) is 0 Å². The Morgan fingerprint density at radius 2 is 1.40 bits per heavy atom. The third-order valence-corrected chi connectivity index (χ3v) is 7.32. The van der Waals surface area contributed by atoms with Crippen molar-refractivity contribution in [2.75, 3.05) is 19.8 Å². The molecule has 0 aromatic carbocycles. The maximum absolute atomic E-state index is 12.6. The number of rotatable bonds is 28. The average Bonchev–Trinajstić information content (AvgIpc) is 2.99. The van der Waals surface area contributed by atoms with E-state index in [1.54, 1.807) is 6.08 Å². The first kappa shape index (κ1) is 40.9. The fourth-order valence-electron chi connectivity index (χ4n) is 3.95. The zero-order valence-corrected chi connectivity index (χ0v) is 27.6. The molecule has 0 heterocycles. The Morgan fingerprint density at radius 1 is 0.814 bits per heavy atom. The lowest BCUT2D eigenvalue weighted by Crippen LogP contribution is -2.45. The molecule has 0 fully saturated rings. The monoisotopic (exact) mass is 622 g/mol. The number of carbonyl (C=O) groups excluding carboxylic acids is 1. The van der Waals surface area contributed by atoms with E-state index >= 15 is 0 Å². The lowest BCUT2D eigenvalue weighted by atomic mass is 10.1. The molecular weight excluding hydrogens is 563 g/mol. The van der Waals surface area contributed by atoms with Crippen molar-refractivity contribution in [2.24, 2.45) is 5.73 Å². The van der Waals surface area contributed by atoms with Crippen molar-refractivity contribution in [2.45, 2.75) is 116 Å². The van der Waals surface area contributed by atoms with Crippen molar-refractivity contribution in [1.82, 2.24) is 5.32 Å². The first-order chi connectivity index (χ1) is 20.9. The molecule has 0 aromatic heterocycles. The number of nitrogens with two attached hydrogens (primary N) is 1. The van der Waals surface area contributed by atoms with E-state index in [4.69, 9.17) is 14.8 Å². The lowest BCUT2D eigenvalue weighted by Gasteiger charge is -2.23. The molecule has 0 radical (unpaired) electrons. The smallest absolute Gasteiger partial charge is 0.387 e. The minimum atomic E-state index is -4.34. The van der Waals surface area contributed by atoms with Crippen LogP contribution in [0.5, 0.6) is 0 Å². The van der Waals surface area contributed by atoms with Gasteiger partial charge in [0.05, 0.1) is 25.4 Å². The number of phosphoric ester groups is 1. The highest BCUT2D eigenvalue weighted by atomic mass is 31.2. The fourth-order valence-corrected chi connectivity index (χ4v) is 4.71. The lowest BCUT2D eigenvalue weighted by molar-refractivity contribution is -0.123. The van der Waals surface area contributed by atoms with Gasteiger partial charge in [0.2, 0.25) is 5.91 Å². The number of amides is 1. The summed E-state index contributed by atoms with van der Waals surface area (Å²) in [5, 5.41) is 13.4. The second-order valence-corrected chi connectivity index (χ2v) is 11.7. The molecule has 5 N–H and O–H groups in total. The molecule has 0 aliphatic rings. The van der Waals surface area contributed by atoms with Crippen LogP contribution in [0.1, 0.15) is 104 Å². The van der Waals surface area contributed by atoms with Crippen molar-refractivity contribution >= 4 is 13.7 Å². The molecule has 0 aliphatic heterocycles. The van der Waals surface area contributed by atoms with Gasteiger partial charge in [-0.15, -0.1) is 0 Å². The number of phosphoric acid groups is 1. The molecule has 9 heteroatoms. The molecule has 0 bridgehead atoms. The van der Waals surface area contributed by atoms with Gasteiger partial charge in [-0.05, 0) is 71.1 Å². The molecule has 43 heavy (non-hydrogen) atoms. The van der Waals surface area contributed by atoms with Gasteiger partial charge in [-0.3, -0.25) is 13.8 Å². The topological polar surface area (TPSA) is 131 Å². The second-order valence-electron chi connectivity index (χ2n) is 10.3. The largest absolute Gasteiger partial charge is 0.472 e. The summed E-state index contributed by atoms with van der Waals surface area (Å²) in [6.45, 7) is 3.69. The van der Waals surface area contributed by atoms with Crippen LogP contribution >= 0.6 is 7.82 Å². The van der Waals surface area contributed by atoms with Crippen LogP contribution in [0.25, 0.3) is 0 Å². The molecule has 3 unspecified atom stereocenters. The van der Waals surface area contributed by atoms with Crippen LogP contribution in [-0.4, -0.2) is 47.8 Å². The highest BCUT2D eigenvalue weighted by molar-refractivity contribution is 7.47. The van der Waals surface area contributed by atoms with E-state index < -0.39 is 20.0 Å². The third kappa shape index (κ3) is 28.5. The first-order valence-electron chi connectivity index (χ1n) is 16.0. The summed E-state index contributed by atoms with van der Waals surface area (Å²) in [6.07, 6.45) is 36.9. The highest BCUT2D eigenvalue weighted by Gasteiger charge is 2.26. The van der Waals surface area contributed by atoms with Crippen molar-refractivity contribution in [3.8, 4) is 0 Å². The molecule has 0 aliphatic carbocycles. The van der Waals surface area contributed by atoms with Gasteiger partial charge in [-0.2, -0.15) is 0 Å². The quantitative estimate of drug-likeness (QED) is 0.0398. The number of aliphatic hydroxyl groups is 1. The fraction of sp³-hybridized carbons (Fsp3) is 0.618. The van der Waals surface area contributed by atoms with Crippen molar-refractivity contribution in [1.29, 1.82) is 0 Å². The molecule has 1 amide bonds. The Bertz CT molecular complexity index is 897. The summed E-state index contributed by atoms with van der Waals surface area (Å²) in [5.41, 5.74) is 5.32. The molecule has 0 spiro atoms. The number of nitrogens with one attached hydrogen (secondary N) is 1. The van der Waals surface area contributed by atoms with Gasteiger partial charge in [0.1, 0.15) is 0 Å². The number of hydrogen-bond donors (Lipinski definition) is 4. The van der Waals surface area contributed by atoms with E-state index in [1.807, 2.05) is 19.1 Å².